The van der Waals surface area contributed by atoms with Gasteiger partial charge in [0.1, 0.15) is 12.9 Å². The lowest BCUT2D eigenvalue weighted by atomic mass is 10.2. The van der Waals surface area contributed by atoms with Gasteiger partial charge in [-0.05, 0) is 31.2 Å². The summed E-state index contributed by atoms with van der Waals surface area (Å²) >= 11 is 0. The number of benzene rings is 2. The van der Waals surface area contributed by atoms with E-state index in [-0.39, 0.29) is 17.7 Å². The SMILES string of the molecule is COC(=O)N1CCN(CCOc2cc3ncnc(Oc4ccc5[nH]c(C)cc5c4F)c3cc2OC)CC1. The van der Waals surface area contributed by atoms with Gasteiger partial charge in [-0.2, -0.15) is 0 Å². The van der Waals surface area contributed by atoms with E-state index in [0.717, 1.165) is 18.8 Å². The molecule has 37 heavy (non-hydrogen) atoms. The highest BCUT2D eigenvalue weighted by Crippen LogP contribution is 2.37. The fourth-order valence-electron chi connectivity index (χ4n) is 4.43. The lowest BCUT2D eigenvalue weighted by Gasteiger charge is -2.33. The van der Waals surface area contributed by atoms with E-state index in [1.165, 1.54) is 13.4 Å². The first-order chi connectivity index (χ1) is 18.0. The molecule has 1 fully saturated rings. The normalized spacial score (nSPS) is 14.2. The molecule has 2 aromatic heterocycles. The zero-order valence-corrected chi connectivity index (χ0v) is 20.9. The van der Waals surface area contributed by atoms with Crippen LogP contribution < -0.4 is 14.2 Å². The second-order valence-electron chi connectivity index (χ2n) is 8.74. The molecule has 1 saturated heterocycles. The number of piperazine rings is 1. The van der Waals surface area contributed by atoms with Crippen molar-refractivity contribution in [2.75, 3.05) is 53.6 Å². The average Bonchev–Trinajstić information content (AvgIpc) is 3.31. The lowest BCUT2D eigenvalue weighted by Crippen LogP contribution is -2.49. The fourth-order valence-corrected chi connectivity index (χ4v) is 4.43. The number of aromatic amines is 1. The van der Waals surface area contributed by atoms with Gasteiger partial charge in [-0.1, -0.05) is 0 Å². The predicted octanol–water partition coefficient (Wildman–Crippen LogP) is 4.12. The lowest BCUT2D eigenvalue weighted by molar-refractivity contribution is 0.0858. The van der Waals surface area contributed by atoms with Gasteiger partial charge in [0.15, 0.2) is 23.1 Å². The molecule has 1 N–H and O–H groups in total. The third-order valence-electron chi connectivity index (χ3n) is 6.40. The minimum absolute atomic E-state index is 0.0677. The first kappa shape index (κ1) is 24.6. The van der Waals surface area contributed by atoms with Gasteiger partial charge in [0, 0.05) is 55.4 Å². The Morgan fingerprint density at radius 2 is 1.84 bits per heavy atom. The topological polar surface area (TPSA) is 102 Å². The van der Waals surface area contributed by atoms with Crippen LogP contribution in [0.5, 0.6) is 23.1 Å². The van der Waals surface area contributed by atoms with Crippen molar-refractivity contribution >= 4 is 27.9 Å². The molecule has 1 aliphatic heterocycles. The Hall–Kier alpha value is -4.12. The Morgan fingerprint density at radius 1 is 1.03 bits per heavy atom. The summed E-state index contributed by atoms with van der Waals surface area (Å²) in [5, 5.41) is 1.02. The van der Waals surface area contributed by atoms with Gasteiger partial charge < -0.3 is 28.8 Å². The van der Waals surface area contributed by atoms with Crippen molar-refractivity contribution in [3.05, 3.63) is 48.2 Å². The molecule has 194 valence electrons. The van der Waals surface area contributed by atoms with Crippen molar-refractivity contribution in [3.63, 3.8) is 0 Å². The van der Waals surface area contributed by atoms with Crippen LogP contribution in [0.15, 0.2) is 36.7 Å². The number of rotatable bonds is 7. The monoisotopic (exact) mass is 509 g/mol. The van der Waals surface area contributed by atoms with Crippen molar-refractivity contribution in [2.24, 2.45) is 0 Å². The minimum atomic E-state index is -0.465. The Balaban J connectivity index is 1.30. The van der Waals surface area contributed by atoms with E-state index in [1.807, 2.05) is 6.92 Å². The minimum Gasteiger partial charge on any atom is -0.493 e. The number of aromatic nitrogens is 3. The molecule has 0 unspecified atom stereocenters. The zero-order chi connectivity index (χ0) is 25.9. The standard InChI is InChI=1S/C26H28FN5O5/c1-16-12-17-19(30-16)4-5-21(24(17)27)37-25-18-13-22(34-2)23(14-20(18)28-15-29-25)36-11-10-31-6-8-32(9-7-31)26(33)35-3/h4-5,12-15,30H,6-11H2,1-3H3. The van der Waals surface area contributed by atoms with Crippen LogP contribution in [0, 0.1) is 12.7 Å². The number of nitrogens with one attached hydrogen (secondary N) is 1. The van der Waals surface area contributed by atoms with Crippen LogP contribution in [0.4, 0.5) is 9.18 Å². The van der Waals surface area contributed by atoms with Crippen LogP contribution in [0.3, 0.4) is 0 Å². The van der Waals surface area contributed by atoms with Crippen LogP contribution in [0.2, 0.25) is 0 Å². The molecule has 0 atom stereocenters. The van der Waals surface area contributed by atoms with Crippen LogP contribution in [-0.4, -0.2) is 84.4 Å². The number of hydrogen-bond acceptors (Lipinski definition) is 8. The second kappa shape index (κ2) is 10.5. The number of nitrogens with zero attached hydrogens (tertiary/aromatic N) is 4. The van der Waals surface area contributed by atoms with Crippen LogP contribution in [0.25, 0.3) is 21.8 Å². The van der Waals surface area contributed by atoms with Crippen LogP contribution in [-0.2, 0) is 4.74 Å². The predicted molar refractivity (Wildman–Crippen MR) is 135 cm³/mol. The third kappa shape index (κ3) is 5.08. The van der Waals surface area contributed by atoms with Gasteiger partial charge in [0.05, 0.1) is 25.1 Å². The molecule has 0 saturated carbocycles. The highest BCUT2D eigenvalue weighted by Gasteiger charge is 2.22. The third-order valence-corrected chi connectivity index (χ3v) is 6.40. The van der Waals surface area contributed by atoms with E-state index in [0.29, 0.717) is 59.5 Å². The molecule has 0 spiro atoms. The van der Waals surface area contributed by atoms with E-state index in [2.05, 4.69) is 19.9 Å². The Morgan fingerprint density at radius 3 is 2.59 bits per heavy atom. The van der Waals surface area contributed by atoms with E-state index in [9.17, 15) is 4.79 Å². The van der Waals surface area contributed by atoms with Gasteiger partial charge in [-0.3, -0.25) is 4.90 Å². The molecule has 10 nitrogen and oxygen atoms in total. The maximum atomic E-state index is 15.1. The molecule has 0 aliphatic carbocycles. The van der Waals surface area contributed by atoms with Gasteiger partial charge >= 0.3 is 6.09 Å². The zero-order valence-electron chi connectivity index (χ0n) is 20.9. The quantitative estimate of drug-likeness (QED) is 0.397. The van der Waals surface area contributed by atoms with E-state index >= 15 is 4.39 Å². The summed E-state index contributed by atoms with van der Waals surface area (Å²) in [7, 11) is 2.94. The number of carbonyl (C=O) groups is 1. The summed E-state index contributed by atoms with van der Waals surface area (Å²) in [6.07, 6.45) is 1.07. The van der Waals surface area contributed by atoms with Gasteiger partial charge in [-0.15, -0.1) is 0 Å². The maximum Gasteiger partial charge on any atom is 0.409 e. The number of methoxy groups -OCH3 is 2. The van der Waals surface area contributed by atoms with Crippen LogP contribution in [0.1, 0.15) is 5.69 Å². The number of halogens is 1. The molecular weight excluding hydrogens is 481 g/mol. The molecular formula is C26H28FN5O5. The first-order valence-electron chi connectivity index (χ1n) is 11.9. The largest absolute Gasteiger partial charge is 0.493 e. The number of carbonyl (C=O) groups excluding carboxylic acids is 1. The molecule has 1 aliphatic rings. The highest BCUT2D eigenvalue weighted by molar-refractivity contribution is 5.87. The number of amides is 1. The Labute approximate surface area is 212 Å². The van der Waals surface area contributed by atoms with E-state index in [1.54, 1.807) is 42.3 Å². The van der Waals surface area contributed by atoms with Gasteiger partial charge in [0.2, 0.25) is 5.88 Å². The smallest absolute Gasteiger partial charge is 0.409 e. The summed E-state index contributed by atoms with van der Waals surface area (Å²) in [5.41, 5.74) is 2.13. The molecule has 0 radical (unpaired) electrons. The molecule has 3 heterocycles. The highest BCUT2D eigenvalue weighted by atomic mass is 19.1. The number of hydrogen-bond donors (Lipinski definition) is 1. The number of fused-ring (bicyclic) bond motifs is 2. The average molecular weight is 510 g/mol. The molecule has 0 bridgehead atoms. The second-order valence-corrected chi connectivity index (χ2v) is 8.74. The maximum absolute atomic E-state index is 15.1. The molecule has 1 amide bonds. The number of ether oxygens (including phenoxy) is 4. The van der Waals surface area contributed by atoms with Crippen molar-refractivity contribution in [2.45, 2.75) is 6.92 Å². The summed E-state index contributed by atoms with van der Waals surface area (Å²) < 4.78 is 37.3. The summed E-state index contributed by atoms with van der Waals surface area (Å²) in [6, 6.07) is 8.56. The summed E-state index contributed by atoms with van der Waals surface area (Å²) in [4.78, 5) is 27.2. The Kier molecular flexibility index (Phi) is 6.95. The van der Waals surface area contributed by atoms with Crippen molar-refractivity contribution in [3.8, 4) is 23.1 Å². The number of aryl methyl sites for hydroxylation is 1. The molecule has 4 aromatic rings. The van der Waals surface area contributed by atoms with Crippen molar-refractivity contribution in [1.82, 2.24) is 24.8 Å². The van der Waals surface area contributed by atoms with Gasteiger partial charge in [-0.25, -0.2) is 19.2 Å². The molecule has 2 aromatic carbocycles. The molecule has 11 heteroatoms. The molecule has 5 rings (SSSR count). The van der Waals surface area contributed by atoms with E-state index < -0.39 is 5.82 Å². The first-order valence-corrected chi connectivity index (χ1v) is 11.9. The van der Waals surface area contributed by atoms with Crippen molar-refractivity contribution < 1.29 is 28.1 Å². The van der Waals surface area contributed by atoms with E-state index in [4.69, 9.17) is 18.9 Å². The number of H-pyrrole nitrogens is 1. The van der Waals surface area contributed by atoms with Crippen molar-refractivity contribution in [1.29, 1.82) is 0 Å². The van der Waals surface area contributed by atoms with Gasteiger partial charge in [0.25, 0.3) is 0 Å². The Bertz CT molecular complexity index is 1430. The van der Waals surface area contributed by atoms with Crippen LogP contribution >= 0.6 is 0 Å². The fraction of sp³-hybridized carbons (Fsp3) is 0.346. The summed E-state index contributed by atoms with van der Waals surface area (Å²) in [5.74, 6) is 0.831. The summed E-state index contributed by atoms with van der Waals surface area (Å²) in [6.45, 7) is 5.70.